The van der Waals surface area contributed by atoms with Crippen LogP contribution in [0, 0.1) is 12.8 Å². The van der Waals surface area contributed by atoms with Gasteiger partial charge in [-0.25, -0.2) is 0 Å². The Kier molecular flexibility index (Phi) is 2.66. The summed E-state index contributed by atoms with van der Waals surface area (Å²) in [4.78, 5) is 0. The second kappa shape index (κ2) is 3.54. The van der Waals surface area contributed by atoms with Crippen LogP contribution in [-0.4, -0.2) is 11.7 Å². The van der Waals surface area contributed by atoms with Crippen LogP contribution in [0.1, 0.15) is 18.1 Å². The molecule has 0 saturated carbocycles. The highest BCUT2D eigenvalue weighted by Gasteiger charge is 2.02. The molecule has 1 radical (unpaired) electrons. The van der Waals surface area contributed by atoms with Crippen molar-refractivity contribution in [2.24, 2.45) is 0 Å². The molecule has 0 aliphatic heterocycles. The molecule has 1 aromatic carbocycles. The third kappa shape index (κ3) is 2.05. The number of aliphatic hydroxyl groups excluding tert-OH is 1. The van der Waals surface area contributed by atoms with Crippen LogP contribution in [0.25, 0.3) is 0 Å². The number of rotatable bonds is 2. The van der Waals surface area contributed by atoms with Crippen molar-refractivity contribution >= 4 is 0 Å². The van der Waals surface area contributed by atoms with Gasteiger partial charge in [0, 0.05) is 5.92 Å². The van der Waals surface area contributed by atoms with Gasteiger partial charge in [-0.2, -0.15) is 0 Å². The zero-order valence-electron chi connectivity index (χ0n) is 6.96. The summed E-state index contributed by atoms with van der Waals surface area (Å²) in [6.07, 6.45) is 0. The minimum atomic E-state index is 0.142. The molecule has 1 rings (SSSR count). The third-order valence-electron chi connectivity index (χ3n) is 1.75. The average molecular weight is 149 g/mol. The smallest absolute Gasteiger partial charge is 0.0534 e. The van der Waals surface area contributed by atoms with E-state index in [0.29, 0.717) is 0 Å². The van der Waals surface area contributed by atoms with Gasteiger partial charge < -0.3 is 5.11 Å². The fourth-order valence-electron chi connectivity index (χ4n) is 1.00. The van der Waals surface area contributed by atoms with Crippen LogP contribution in [-0.2, 0) is 0 Å². The Labute approximate surface area is 67.7 Å². The van der Waals surface area contributed by atoms with E-state index in [4.69, 9.17) is 5.11 Å². The molecule has 0 amide bonds. The molecule has 0 spiro atoms. The predicted molar refractivity (Wildman–Crippen MR) is 46.3 cm³/mol. The van der Waals surface area contributed by atoms with Gasteiger partial charge in [0.25, 0.3) is 0 Å². The summed E-state index contributed by atoms with van der Waals surface area (Å²) in [5.41, 5.74) is 2.36. The molecule has 0 aromatic heterocycles. The minimum absolute atomic E-state index is 0.142. The lowest BCUT2D eigenvalue weighted by molar-refractivity contribution is 0.315. The first-order valence-electron chi connectivity index (χ1n) is 3.74. The monoisotopic (exact) mass is 149 g/mol. The number of aryl methyl sites for hydroxylation is 1. The molecule has 1 nitrogen and oxygen atoms in total. The molecule has 0 unspecified atom stereocenters. The van der Waals surface area contributed by atoms with Crippen molar-refractivity contribution in [3.8, 4) is 0 Å². The fourth-order valence-corrected chi connectivity index (χ4v) is 1.00. The van der Waals surface area contributed by atoms with Crippen molar-refractivity contribution in [2.45, 2.75) is 13.8 Å². The summed E-state index contributed by atoms with van der Waals surface area (Å²) in [6, 6.07) is 8.14. The van der Waals surface area contributed by atoms with Crippen LogP contribution in [0.4, 0.5) is 0 Å². The van der Waals surface area contributed by atoms with Crippen LogP contribution in [0.15, 0.2) is 24.3 Å². The summed E-state index contributed by atoms with van der Waals surface area (Å²) in [7, 11) is 0. The summed E-state index contributed by atoms with van der Waals surface area (Å²) in [5.74, 6) is 1.02. The SMILES string of the molecule is C[C](CO)c1cccc(C)c1. The Bertz CT molecular complexity index is 230. The standard InChI is InChI=1S/C10H13O/c1-8-4-3-5-10(6-8)9(2)7-11/h3-6,11H,7H2,1-2H3. The van der Waals surface area contributed by atoms with E-state index >= 15 is 0 Å². The van der Waals surface area contributed by atoms with Gasteiger partial charge in [-0.15, -0.1) is 0 Å². The van der Waals surface area contributed by atoms with Gasteiger partial charge in [0.1, 0.15) is 0 Å². The predicted octanol–water partition coefficient (Wildman–Crippen LogP) is 1.93. The summed E-state index contributed by atoms with van der Waals surface area (Å²) in [6.45, 7) is 4.13. The minimum Gasteiger partial charge on any atom is -0.395 e. The molecule has 0 saturated heterocycles. The summed E-state index contributed by atoms with van der Waals surface area (Å²) in [5, 5.41) is 8.84. The number of aliphatic hydroxyl groups is 1. The molecule has 11 heavy (non-hydrogen) atoms. The number of hydrogen-bond acceptors (Lipinski definition) is 1. The second-order valence-electron chi connectivity index (χ2n) is 2.81. The van der Waals surface area contributed by atoms with E-state index in [1.165, 1.54) is 5.56 Å². The maximum Gasteiger partial charge on any atom is 0.0534 e. The Balaban J connectivity index is 2.86. The van der Waals surface area contributed by atoms with E-state index in [-0.39, 0.29) is 6.61 Å². The van der Waals surface area contributed by atoms with Crippen molar-refractivity contribution in [1.82, 2.24) is 0 Å². The highest BCUT2D eigenvalue weighted by molar-refractivity contribution is 5.32. The van der Waals surface area contributed by atoms with E-state index in [2.05, 4.69) is 6.07 Å². The highest BCUT2D eigenvalue weighted by Crippen LogP contribution is 2.13. The lowest BCUT2D eigenvalue weighted by atomic mass is 10.0. The quantitative estimate of drug-likeness (QED) is 0.681. The van der Waals surface area contributed by atoms with Gasteiger partial charge in [-0.05, 0) is 12.5 Å². The maximum absolute atomic E-state index is 8.84. The fraction of sp³-hybridized carbons (Fsp3) is 0.300. The first-order chi connectivity index (χ1) is 5.24. The van der Waals surface area contributed by atoms with Gasteiger partial charge in [-0.3, -0.25) is 0 Å². The first-order valence-corrected chi connectivity index (χ1v) is 3.74. The second-order valence-corrected chi connectivity index (χ2v) is 2.81. The van der Waals surface area contributed by atoms with Gasteiger partial charge >= 0.3 is 0 Å². The molecule has 0 heterocycles. The van der Waals surface area contributed by atoms with Crippen molar-refractivity contribution in [1.29, 1.82) is 0 Å². The van der Waals surface area contributed by atoms with Crippen molar-refractivity contribution in [2.75, 3.05) is 6.61 Å². The van der Waals surface area contributed by atoms with Crippen LogP contribution in [0.3, 0.4) is 0 Å². The lowest BCUT2D eigenvalue weighted by Crippen LogP contribution is -1.99. The first kappa shape index (κ1) is 8.28. The molecular weight excluding hydrogens is 136 g/mol. The summed E-state index contributed by atoms with van der Waals surface area (Å²) < 4.78 is 0. The molecular formula is C10H13O. The molecule has 0 atom stereocenters. The van der Waals surface area contributed by atoms with E-state index in [9.17, 15) is 0 Å². The number of hydrogen-bond donors (Lipinski definition) is 1. The zero-order valence-corrected chi connectivity index (χ0v) is 6.96. The average Bonchev–Trinajstić information content (AvgIpc) is 2.03. The maximum atomic E-state index is 8.84. The van der Waals surface area contributed by atoms with Crippen LogP contribution in [0.2, 0.25) is 0 Å². The van der Waals surface area contributed by atoms with Crippen molar-refractivity contribution in [3.05, 3.63) is 41.3 Å². The summed E-state index contributed by atoms with van der Waals surface area (Å²) >= 11 is 0. The number of benzene rings is 1. The Hall–Kier alpha value is -0.820. The molecule has 0 aliphatic carbocycles. The van der Waals surface area contributed by atoms with Crippen LogP contribution >= 0.6 is 0 Å². The van der Waals surface area contributed by atoms with E-state index < -0.39 is 0 Å². The largest absolute Gasteiger partial charge is 0.395 e. The molecule has 1 aromatic rings. The lowest BCUT2D eigenvalue weighted by Gasteiger charge is -2.07. The molecule has 1 heteroatoms. The molecule has 0 aliphatic rings. The van der Waals surface area contributed by atoms with Crippen molar-refractivity contribution in [3.63, 3.8) is 0 Å². The van der Waals surface area contributed by atoms with E-state index in [1.807, 2.05) is 32.0 Å². The molecule has 0 bridgehead atoms. The normalized spacial score (nSPS) is 10.5. The molecule has 59 valence electrons. The van der Waals surface area contributed by atoms with Crippen molar-refractivity contribution < 1.29 is 5.11 Å². The third-order valence-corrected chi connectivity index (χ3v) is 1.75. The Morgan fingerprint density at radius 1 is 1.45 bits per heavy atom. The van der Waals surface area contributed by atoms with Crippen LogP contribution in [0.5, 0.6) is 0 Å². The van der Waals surface area contributed by atoms with E-state index in [0.717, 1.165) is 11.5 Å². The zero-order chi connectivity index (χ0) is 8.27. The Morgan fingerprint density at radius 3 is 2.73 bits per heavy atom. The Morgan fingerprint density at radius 2 is 2.18 bits per heavy atom. The van der Waals surface area contributed by atoms with Gasteiger partial charge in [-0.1, -0.05) is 36.8 Å². The molecule has 0 fully saturated rings. The van der Waals surface area contributed by atoms with Gasteiger partial charge in [0.05, 0.1) is 6.61 Å². The highest BCUT2D eigenvalue weighted by atomic mass is 16.3. The van der Waals surface area contributed by atoms with E-state index in [1.54, 1.807) is 0 Å². The van der Waals surface area contributed by atoms with Crippen LogP contribution < -0.4 is 0 Å². The van der Waals surface area contributed by atoms with Gasteiger partial charge in [0.2, 0.25) is 0 Å². The van der Waals surface area contributed by atoms with Gasteiger partial charge in [0.15, 0.2) is 0 Å². The topological polar surface area (TPSA) is 20.2 Å². The molecule has 1 N–H and O–H groups in total.